The first-order valence-corrected chi connectivity index (χ1v) is 6.27. The smallest absolute Gasteiger partial charge is 0.146 e. The lowest BCUT2D eigenvalue weighted by molar-refractivity contribution is 0.0816. The molecule has 1 saturated heterocycles. The molecule has 0 atom stereocenters. The molecule has 0 saturated carbocycles. The van der Waals surface area contributed by atoms with Gasteiger partial charge in [0.05, 0.1) is 5.02 Å². The Hall–Kier alpha value is -0.640. The molecule has 2 nitrogen and oxygen atoms in total. The minimum Gasteiger partial charge on any atom is -0.314 e. The fourth-order valence-electron chi connectivity index (χ4n) is 2.19. The van der Waals surface area contributed by atoms with Crippen LogP contribution in [0.4, 0.5) is 4.39 Å². The number of halogens is 2. The van der Waals surface area contributed by atoms with Crippen molar-refractivity contribution in [3.63, 3.8) is 0 Å². The average molecular weight is 257 g/mol. The lowest BCUT2D eigenvalue weighted by Gasteiger charge is -2.43. The fraction of sp³-hybridized carbons (Fsp3) is 0.538. The number of benzene rings is 1. The summed E-state index contributed by atoms with van der Waals surface area (Å²) in [6, 6.07) is 5.19. The first-order valence-electron chi connectivity index (χ1n) is 5.89. The van der Waals surface area contributed by atoms with Crippen LogP contribution in [0.5, 0.6) is 0 Å². The summed E-state index contributed by atoms with van der Waals surface area (Å²) in [5, 5.41) is 3.56. The number of hydrogen-bond acceptors (Lipinski definition) is 2. The number of hydrogen-bond donors (Lipinski definition) is 1. The summed E-state index contributed by atoms with van der Waals surface area (Å²) in [6.45, 7) is 7.75. The first-order chi connectivity index (χ1) is 8.00. The summed E-state index contributed by atoms with van der Waals surface area (Å²) in [4.78, 5) is 2.29. The monoisotopic (exact) mass is 256 g/mol. The Morgan fingerprint density at radius 3 is 2.94 bits per heavy atom. The van der Waals surface area contributed by atoms with Gasteiger partial charge in [-0.25, -0.2) is 4.39 Å². The minimum atomic E-state index is -0.288. The van der Waals surface area contributed by atoms with E-state index >= 15 is 0 Å². The van der Waals surface area contributed by atoms with E-state index in [1.807, 2.05) is 0 Å². The van der Waals surface area contributed by atoms with E-state index in [4.69, 9.17) is 11.6 Å². The summed E-state index contributed by atoms with van der Waals surface area (Å²) < 4.78 is 13.8. The van der Waals surface area contributed by atoms with Crippen molar-refractivity contribution in [1.82, 2.24) is 10.2 Å². The zero-order chi connectivity index (χ0) is 12.5. The van der Waals surface area contributed by atoms with Gasteiger partial charge in [0.2, 0.25) is 0 Å². The Kier molecular flexibility index (Phi) is 3.71. The normalized spacial score (nSPS) is 20.5. The van der Waals surface area contributed by atoms with Crippen LogP contribution in [0.15, 0.2) is 18.2 Å². The van der Waals surface area contributed by atoms with Crippen LogP contribution in [-0.2, 0) is 6.54 Å². The lowest BCUT2D eigenvalue weighted by atomic mass is 9.99. The number of piperazine rings is 1. The molecule has 1 aliphatic rings. The molecule has 1 fully saturated rings. The van der Waals surface area contributed by atoms with Crippen molar-refractivity contribution in [3.8, 4) is 0 Å². The Morgan fingerprint density at radius 2 is 2.24 bits per heavy atom. The molecule has 1 aliphatic heterocycles. The summed E-state index contributed by atoms with van der Waals surface area (Å²) in [5.74, 6) is -0.288. The Morgan fingerprint density at radius 1 is 1.47 bits per heavy atom. The Labute approximate surface area is 107 Å². The van der Waals surface area contributed by atoms with E-state index in [1.165, 1.54) is 0 Å². The van der Waals surface area contributed by atoms with Crippen LogP contribution in [0.3, 0.4) is 0 Å². The van der Waals surface area contributed by atoms with Crippen LogP contribution < -0.4 is 5.32 Å². The van der Waals surface area contributed by atoms with Crippen LogP contribution >= 0.6 is 11.6 Å². The predicted octanol–water partition coefficient (Wildman–Crippen LogP) is 2.66. The second-order valence-corrected chi connectivity index (χ2v) is 5.53. The van der Waals surface area contributed by atoms with Gasteiger partial charge in [0.25, 0.3) is 0 Å². The van der Waals surface area contributed by atoms with Gasteiger partial charge in [0.1, 0.15) is 5.82 Å². The van der Waals surface area contributed by atoms with Gasteiger partial charge in [0.15, 0.2) is 0 Å². The largest absolute Gasteiger partial charge is 0.314 e. The van der Waals surface area contributed by atoms with Gasteiger partial charge < -0.3 is 5.32 Å². The zero-order valence-corrected chi connectivity index (χ0v) is 11.0. The van der Waals surface area contributed by atoms with Crippen LogP contribution in [0.25, 0.3) is 0 Å². The third-order valence-electron chi connectivity index (χ3n) is 3.36. The number of rotatable bonds is 2. The molecule has 0 aliphatic carbocycles. The molecule has 0 amide bonds. The van der Waals surface area contributed by atoms with E-state index in [-0.39, 0.29) is 16.4 Å². The van der Waals surface area contributed by atoms with E-state index in [0.717, 1.165) is 19.6 Å². The quantitative estimate of drug-likeness (QED) is 0.875. The van der Waals surface area contributed by atoms with E-state index in [9.17, 15) is 4.39 Å². The first kappa shape index (κ1) is 12.8. The molecule has 4 heteroatoms. The van der Waals surface area contributed by atoms with E-state index in [0.29, 0.717) is 12.1 Å². The SMILES string of the molecule is CC1(C)CNCCN1Cc1cccc(Cl)c1F. The second-order valence-electron chi connectivity index (χ2n) is 5.12. The standard InChI is InChI=1S/C13H18ClFN2/c1-13(2)9-16-6-7-17(13)8-10-4-3-5-11(14)12(10)15/h3-5,16H,6-9H2,1-2H3. The van der Waals surface area contributed by atoms with Crippen molar-refractivity contribution < 1.29 is 4.39 Å². The topological polar surface area (TPSA) is 15.3 Å². The molecular weight excluding hydrogens is 239 g/mol. The molecule has 0 bridgehead atoms. The summed E-state index contributed by atoms with van der Waals surface area (Å²) in [7, 11) is 0. The second kappa shape index (κ2) is 4.92. The van der Waals surface area contributed by atoms with E-state index < -0.39 is 0 Å². The molecule has 1 N–H and O–H groups in total. The highest BCUT2D eigenvalue weighted by atomic mass is 35.5. The van der Waals surface area contributed by atoms with Gasteiger partial charge in [-0.15, -0.1) is 0 Å². The number of nitrogens with zero attached hydrogens (tertiary/aromatic N) is 1. The predicted molar refractivity (Wildman–Crippen MR) is 68.8 cm³/mol. The summed E-state index contributed by atoms with van der Waals surface area (Å²) in [6.07, 6.45) is 0. The molecule has 1 aromatic rings. The molecule has 1 heterocycles. The van der Waals surface area contributed by atoms with Gasteiger partial charge in [-0.1, -0.05) is 23.7 Å². The van der Waals surface area contributed by atoms with E-state index in [2.05, 4.69) is 24.1 Å². The van der Waals surface area contributed by atoms with Crippen LogP contribution in [0, 0.1) is 5.82 Å². The van der Waals surface area contributed by atoms with Crippen LogP contribution in [0.2, 0.25) is 5.02 Å². The van der Waals surface area contributed by atoms with E-state index in [1.54, 1.807) is 18.2 Å². The molecule has 94 valence electrons. The highest BCUT2D eigenvalue weighted by Gasteiger charge is 2.29. The van der Waals surface area contributed by atoms with Gasteiger partial charge >= 0.3 is 0 Å². The highest BCUT2D eigenvalue weighted by Crippen LogP contribution is 2.23. The number of nitrogens with one attached hydrogen (secondary N) is 1. The van der Waals surface area contributed by atoms with Crippen molar-refractivity contribution >= 4 is 11.6 Å². The molecule has 0 aromatic heterocycles. The van der Waals surface area contributed by atoms with Gasteiger partial charge in [0, 0.05) is 37.3 Å². The van der Waals surface area contributed by atoms with Gasteiger partial charge in [-0.2, -0.15) is 0 Å². The minimum absolute atomic E-state index is 0.0486. The summed E-state index contributed by atoms with van der Waals surface area (Å²) >= 11 is 5.80. The molecule has 0 unspecified atom stereocenters. The molecule has 1 aromatic carbocycles. The van der Waals surface area contributed by atoms with Crippen LogP contribution in [0.1, 0.15) is 19.4 Å². The van der Waals surface area contributed by atoms with Crippen molar-refractivity contribution in [1.29, 1.82) is 0 Å². The maximum absolute atomic E-state index is 13.8. The van der Waals surface area contributed by atoms with Crippen LogP contribution in [-0.4, -0.2) is 30.1 Å². The average Bonchev–Trinajstić information content (AvgIpc) is 2.27. The fourth-order valence-corrected chi connectivity index (χ4v) is 2.39. The molecule has 0 spiro atoms. The third kappa shape index (κ3) is 2.79. The summed E-state index contributed by atoms with van der Waals surface area (Å²) in [5.41, 5.74) is 0.722. The molecule has 17 heavy (non-hydrogen) atoms. The van der Waals surface area contributed by atoms with Gasteiger partial charge in [-0.3, -0.25) is 4.90 Å². The van der Waals surface area contributed by atoms with Crippen molar-refractivity contribution in [2.45, 2.75) is 25.9 Å². The van der Waals surface area contributed by atoms with Crippen molar-refractivity contribution in [3.05, 3.63) is 34.6 Å². The lowest BCUT2D eigenvalue weighted by Crippen LogP contribution is -2.57. The Bertz CT molecular complexity index is 406. The van der Waals surface area contributed by atoms with Crippen molar-refractivity contribution in [2.24, 2.45) is 0 Å². The third-order valence-corrected chi connectivity index (χ3v) is 3.66. The molecular formula is C13H18ClFN2. The molecule has 2 rings (SSSR count). The van der Waals surface area contributed by atoms with Gasteiger partial charge in [-0.05, 0) is 19.9 Å². The maximum Gasteiger partial charge on any atom is 0.146 e. The highest BCUT2D eigenvalue weighted by molar-refractivity contribution is 6.30. The zero-order valence-electron chi connectivity index (χ0n) is 10.3. The Balaban J connectivity index is 2.17. The molecule has 0 radical (unpaired) electrons. The maximum atomic E-state index is 13.8. The van der Waals surface area contributed by atoms with Crippen molar-refractivity contribution in [2.75, 3.05) is 19.6 Å².